The molecule has 8 rings (SSSR count). The first-order valence-electron chi connectivity index (χ1n) is 18.5. The van der Waals surface area contributed by atoms with Gasteiger partial charge in [0.25, 0.3) is 5.91 Å². The zero-order valence-corrected chi connectivity index (χ0v) is 31.3. The molecule has 54 heavy (non-hydrogen) atoms. The highest BCUT2D eigenvalue weighted by atomic mass is 35.5. The van der Waals surface area contributed by atoms with Crippen LogP contribution >= 0.6 is 11.6 Å². The number of hydrogen-bond donors (Lipinski definition) is 2. The Labute approximate surface area is 317 Å². The standard InChI is InChI=1S/C39H43ClN10O4/c1-23-20-48(21-25-10-12-49(13-11-25)28-16-27(17-41-18-28)30-8-9-33(51)43-38(30)52)14-15-50(23)39(53)26-4-6-29(7-5-26)54-35-32(40)19-42-37-34(35)44-36(45-37)31-22-47(3)46-24(31)2/h4-7,16-19,22-23,25,30H,8-15,20-21H2,1-3H3,(H,42,44,45)(H,43,51,52)/t23?,30-/m0/s1. The van der Waals surface area contributed by atoms with Gasteiger partial charge in [-0.15, -0.1) is 0 Å². The second-order valence-electron chi connectivity index (χ2n) is 14.7. The van der Waals surface area contributed by atoms with Crippen molar-refractivity contribution in [2.24, 2.45) is 13.0 Å². The minimum Gasteiger partial charge on any atom is -0.453 e. The van der Waals surface area contributed by atoms with E-state index < -0.39 is 0 Å². The lowest BCUT2D eigenvalue weighted by Crippen LogP contribution is -2.55. The van der Waals surface area contributed by atoms with Crippen molar-refractivity contribution < 1.29 is 19.1 Å². The minimum absolute atomic E-state index is 0.00420. The summed E-state index contributed by atoms with van der Waals surface area (Å²) in [6, 6.07) is 9.29. The number of aryl methyl sites for hydroxylation is 2. The maximum Gasteiger partial charge on any atom is 0.254 e. The third-order valence-corrected chi connectivity index (χ3v) is 11.1. The Morgan fingerprint density at radius 1 is 1.04 bits per heavy atom. The lowest BCUT2D eigenvalue weighted by atomic mass is 9.91. The first kappa shape index (κ1) is 35.7. The van der Waals surface area contributed by atoms with E-state index in [-0.39, 0.29) is 29.7 Å². The summed E-state index contributed by atoms with van der Waals surface area (Å²) in [6.45, 7) is 9.21. The largest absolute Gasteiger partial charge is 0.453 e. The summed E-state index contributed by atoms with van der Waals surface area (Å²) >= 11 is 6.55. The van der Waals surface area contributed by atoms with Gasteiger partial charge >= 0.3 is 0 Å². The number of hydrogen-bond acceptors (Lipinski definition) is 10. The van der Waals surface area contributed by atoms with Crippen LogP contribution in [0.4, 0.5) is 5.69 Å². The van der Waals surface area contributed by atoms with Gasteiger partial charge in [-0.1, -0.05) is 11.6 Å². The molecule has 0 bridgehead atoms. The van der Waals surface area contributed by atoms with Gasteiger partial charge in [-0.3, -0.25) is 34.3 Å². The number of fused-ring (bicyclic) bond motifs is 1. The average Bonchev–Trinajstić information content (AvgIpc) is 3.75. The molecule has 1 aromatic carbocycles. The normalized spacial score (nSPS) is 20.1. The van der Waals surface area contributed by atoms with Gasteiger partial charge < -0.3 is 19.5 Å². The van der Waals surface area contributed by atoms with E-state index in [4.69, 9.17) is 16.3 Å². The van der Waals surface area contributed by atoms with E-state index in [0.717, 1.165) is 68.1 Å². The van der Waals surface area contributed by atoms with E-state index in [1.54, 1.807) is 35.1 Å². The number of rotatable bonds is 8. The number of aromatic amines is 1. The number of ether oxygens (including phenoxy) is 1. The van der Waals surface area contributed by atoms with E-state index in [1.165, 1.54) is 6.20 Å². The Hall–Kier alpha value is -5.34. The van der Waals surface area contributed by atoms with Crippen LogP contribution < -0.4 is 15.0 Å². The van der Waals surface area contributed by atoms with Crippen molar-refractivity contribution in [2.45, 2.75) is 51.5 Å². The minimum atomic E-state index is -0.336. The molecule has 15 heteroatoms. The molecule has 7 heterocycles. The summed E-state index contributed by atoms with van der Waals surface area (Å²) in [7, 11) is 1.86. The molecular weight excluding hydrogens is 708 g/mol. The van der Waals surface area contributed by atoms with E-state index in [0.29, 0.717) is 64.4 Å². The van der Waals surface area contributed by atoms with E-state index in [9.17, 15) is 14.4 Å². The second-order valence-corrected chi connectivity index (χ2v) is 15.1. The van der Waals surface area contributed by atoms with Crippen LogP contribution in [0.2, 0.25) is 5.02 Å². The number of amides is 3. The molecule has 0 radical (unpaired) electrons. The van der Waals surface area contributed by atoms with Gasteiger partial charge in [-0.25, -0.2) is 9.97 Å². The number of anilines is 1. The predicted octanol–water partition coefficient (Wildman–Crippen LogP) is 5.09. The molecule has 3 amide bonds. The van der Waals surface area contributed by atoms with Crippen molar-refractivity contribution in [2.75, 3.05) is 44.2 Å². The molecule has 0 aliphatic carbocycles. The monoisotopic (exact) mass is 750 g/mol. The van der Waals surface area contributed by atoms with Crippen molar-refractivity contribution in [3.05, 3.63) is 77.0 Å². The number of piperidine rings is 2. The number of H-pyrrole nitrogens is 1. The molecule has 3 saturated heterocycles. The van der Waals surface area contributed by atoms with Crippen LogP contribution in [0.1, 0.15) is 60.1 Å². The molecule has 3 aliphatic rings. The van der Waals surface area contributed by atoms with Gasteiger partial charge in [0, 0.05) is 76.7 Å². The van der Waals surface area contributed by atoms with Crippen LogP contribution in [0.25, 0.3) is 22.6 Å². The Kier molecular flexibility index (Phi) is 9.80. The van der Waals surface area contributed by atoms with Crippen LogP contribution in [0.3, 0.4) is 0 Å². The summed E-state index contributed by atoms with van der Waals surface area (Å²) in [5.74, 6) is 1.36. The summed E-state index contributed by atoms with van der Waals surface area (Å²) in [5.41, 5.74) is 5.25. The first-order chi connectivity index (χ1) is 26.1. The van der Waals surface area contributed by atoms with Gasteiger partial charge in [0.15, 0.2) is 11.4 Å². The maximum absolute atomic E-state index is 13.7. The van der Waals surface area contributed by atoms with Crippen LogP contribution in [0.5, 0.6) is 11.5 Å². The molecule has 2 atom stereocenters. The van der Waals surface area contributed by atoms with Crippen molar-refractivity contribution in [1.29, 1.82) is 0 Å². The summed E-state index contributed by atoms with van der Waals surface area (Å²) in [5, 5.41) is 7.20. The van der Waals surface area contributed by atoms with Crippen molar-refractivity contribution >= 4 is 46.2 Å². The molecule has 0 saturated carbocycles. The zero-order valence-electron chi connectivity index (χ0n) is 30.6. The fourth-order valence-electron chi connectivity index (χ4n) is 7.98. The third kappa shape index (κ3) is 7.27. The van der Waals surface area contributed by atoms with E-state index in [1.807, 2.05) is 31.3 Å². The van der Waals surface area contributed by atoms with Gasteiger partial charge in [-0.05, 0) is 74.9 Å². The fraction of sp³-hybridized carbons (Fsp3) is 0.410. The quantitative estimate of drug-likeness (QED) is 0.205. The molecule has 3 aliphatic heterocycles. The Bertz CT molecular complexity index is 2210. The molecule has 5 aromatic rings. The maximum atomic E-state index is 13.7. The van der Waals surface area contributed by atoms with Crippen LogP contribution in [-0.2, 0) is 16.6 Å². The number of aromatic nitrogens is 6. The SMILES string of the molecule is Cc1nn(C)cc1-c1nc2ncc(Cl)c(Oc3ccc(C(=O)N4CCN(CC5CCN(c6cncc([C@@H]7CCC(=O)NC7=O)c6)CC5)CC4C)cc3)c2[nH]1. The number of pyridine rings is 2. The highest BCUT2D eigenvalue weighted by Crippen LogP contribution is 2.36. The fourth-order valence-corrected chi connectivity index (χ4v) is 8.16. The number of piperazine rings is 1. The zero-order chi connectivity index (χ0) is 37.5. The van der Waals surface area contributed by atoms with Crippen molar-refractivity contribution in [3.63, 3.8) is 0 Å². The molecule has 14 nitrogen and oxygen atoms in total. The Balaban J connectivity index is 0.841. The lowest BCUT2D eigenvalue weighted by Gasteiger charge is -2.42. The average molecular weight is 751 g/mol. The topological polar surface area (TPSA) is 154 Å². The highest BCUT2D eigenvalue weighted by Gasteiger charge is 2.32. The number of nitrogens with zero attached hydrogens (tertiary/aromatic N) is 8. The Morgan fingerprint density at radius 3 is 2.56 bits per heavy atom. The van der Waals surface area contributed by atoms with Gasteiger partial charge in [0.1, 0.15) is 22.1 Å². The van der Waals surface area contributed by atoms with Crippen LogP contribution in [-0.4, -0.2) is 103 Å². The molecule has 4 aromatic heterocycles. The number of carbonyl (C=O) groups is 3. The molecule has 1 unspecified atom stereocenters. The Morgan fingerprint density at radius 2 is 1.83 bits per heavy atom. The molecule has 0 spiro atoms. The van der Waals surface area contributed by atoms with Crippen LogP contribution in [0.15, 0.2) is 55.1 Å². The highest BCUT2D eigenvalue weighted by molar-refractivity contribution is 6.32. The van der Waals surface area contributed by atoms with Crippen molar-refractivity contribution in [1.82, 2.24) is 44.8 Å². The first-order valence-corrected chi connectivity index (χ1v) is 18.9. The number of nitrogens with one attached hydrogen (secondary N) is 2. The van der Waals surface area contributed by atoms with Crippen molar-refractivity contribution in [3.8, 4) is 22.9 Å². The number of imidazole rings is 1. The van der Waals surface area contributed by atoms with Gasteiger partial charge in [-0.2, -0.15) is 5.10 Å². The smallest absolute Gasteiger partial charge is 0.254 e. The van der Waals surface area contributed by atoms with E-state index in [2.05, 4.69) is 53.1 Å². The number of carbonyl (C=O) groups excluding carboxylic acids is 3. The van der Waals surface area contributed by atoms with Crippen LogP contribution in [0, 0.1) is 12.8 Å². The summed E-state index contributed by atoms with van der Waals surface area (Å²) in [6.07, 6.45) is 10.0. The second kappa shape index (κ2) is 14.8. The molecule has 280 valence electrons. The number of halogens is 1. The molecular formula is C39H43ClN10O4. The summed E-state index contributed by atoms with van der Waals surface area (Å²) in [4.78, 5) is 61.2. The molecule has 2 N–H and O–H groups in total. The predicted molar refractivity (Wildman–Crippen MR) is 204 cm³/mol. The number of benzene rings is 1. The van der Waals surface area contributed by atoms with E-state index >= 15 is 0 Å². The lowest BCUT2D eigenvalue weighted by molar-refractivity contribution is -0.134. The van der Waals surface area contributed by atoms with Gasteiger partial charge in [0.2, 0.25) is 11.8 Å². The number of imide groups is 1. The summed E-state index contributed by atoms with van der Waals surface area (Å²) < 4.78 is 7.97. The third-order valence-electron chi connectivity index (χ3n) is 10.9. The van der Waals surface area contributed by atoms with Gasteiger partial charge in [0.05, 0.1) is 35.3 Å². The molecule has 3 fully saturated rings.